The van der Waals surface area contributed by atoms with Crippen LogP contribution >= 0.6 is 0 Å². The molecule has 0 aromatic heterocycles. The summed E-state index contributed by atoms with van der Waals surface area (Å²) in [6.45, 7) is 3.97. The monoisotopic (exact) mass is 664 g/mol. The van der Waals surface area contributed by atoms with Crippen LogP contribution in [0, 0.1) is 5.92 Å². The highest BCUT2D eigenvalue weighted by atomic mass is 16.4. The van der Waals surface area contributed by atoms with E-state index in [1.165, 1.54) is 0 Å². The van der Waals surface area contributed by atoms with Crippen LogP contribution in [0.5, 0.6) is 0 Å². The van der Waals surface area contributed by atoms with Crippen molar-refractivity contribution in [1.29, 1.82) is 0 Å². The van der Waals surface area contributed by atoms with Gasteiger partial charge in [-0.15, -0.1) is 0 Å². The van der Waals surface area contributed by atoms with Crippen LogP contribution in [0.15, 0.2) is 30.3 Å². The lowest BCUT2D eigenvalue weighted by molar-refractivity contribution is -0.143. The van der Waals surface area contributed by atoms with Crippen molar-refractivity contribution < 1.29 is 48.9 Å². The van der Waals surface area contributed by atoms with Crippen molar-refractivity contribution in [2.45, 2.75) is 102 Å². The van der Waals surface area contributed by atoms with Crippen LogP contribution in [0.1, 0.15) is 70.8 Å². The Balaban J connectivity index is 3.20. The molecule has 0 unspecified atom stereocenters. The van der Waals surface area contributed by atoms with Crippen molar-refractivity contribution in [3.8, 4) is 0 Å². The van der Waals surface area contributed by atoms with Crippen LogP contribution in [0.2, 0.25) is 0 Å². The number of carboxylic acids is 3. The molecule has 0 aliphatic heterocycles. The highest BCUT2D eigenvalue weighted by molar-refractivity contribution is 5.95. The predicted molar refractivity (Wildman–Crippen MR) is 170 cm³/mol. The summed E-state index contributed by atoms with van der Waals surface area (Å²) in [5, 5.41) is 37.9. The number of hydrogen-bond acceptors (Lipinski definition) is 9. The van der Waals surface area contributed by atoms with E-state index in [0.717, 1.165) is 0 Å². The molecule has 0 aliphatic carbocycles. The molecule has 0 saturated heterocycles. The summed E-state index contributed by atoms with van der Waals surface area (Å²) in [6.07, 6.45) is -0.651. The zero-order valence-corrected chi connectivity index (χ0v) is 26.8. The van der Waals surface area contributed by atoms with Gasteiger partial charge in [0.15, 0.2) is 0 Å². The molecular weight excluding hydrogens is 616 g/mol. The van der Waals surface area contributed by atoms with E-state index in [2.05, 4.69) is 21.3 Å². The van der Waals surface area contributed by atoms with E-state index in [0.29, 0.717) is 24.8 Å². The van der Waals surface area contributed by atoms with Crippen molar-refractivity contribution >= 4 is 41.5 Å². The third-order valence-electron chi connectivity index (χ3n) is 7.10. The first kappa shape index (κ1) is 40.5. The smallest absolute Gasteiger partial charge is 0.326 e. The molecule has 4 amide bonds. The van der Waals surface area contributed by atoms with Crippen LogP contribution in [0.4, 0.5) is 0 Å². The van der Waals surface area contributed by atoms with E-state index >= 15 is 0 Å². The van der Waals surface area contributed by atoms with Gasteiger partial charge < -0.3 is 48.1 Å². The van der Waals surface area contributed by atoms with E-state index in [4.69, 9.17) is 11.5 Å². The molecule has 11 N–H and O–H groups in total. The number of nitrogens with two attached hydrogens (primary N) is 2. The fraction of sp³-hybridized carbons (Fsp3) is 0.581. The second kappa shape index (κ2) is 21.3. The molecule has 0 fully saturated rings. The molecule has 0 aliphatic rings. The largest absolute Gasteiger partial charge is 0.481 e. The third kappa shape index (κ3) is 16.5. The number of hydrogen-bond donors (Lipinski definition) is 9. The van der Waals surface area contributed by atoms with Gasteiger partial charge in [-0.3, -0.25) is 28.8 Å². The molecular formula is C31H48N6O10. The van der Waals surface area contributed by atoms with Gasteiger partial charge in [-0.2, -0.15) is 0 Å². The number of amides is 4. The summed E-state index contributed by atoms with van der Waals surface area (Å²) in [5.41, 5.74) is 12.1. The topological polar surface area (TPSA) is 280 Å². The van der Waals surface area contributed by atoms with Gasteiger partial charge in [0.05, 0.1) is 6.04 Å². The molecule has 0 radical (unpaired) electrons. The van der Waals surface area contributed by atoms with Gasteiger partial charge in [-0.05, 0) is 56.6 Å². The number of nitrogens with one attached hydrogen (secondary N) is 4. The molecule has 5 atom stereocenters. The number of carboxylic acid groups (broad SMARTS) is 3. The Hall–Kier alpha value is -4.57. The summed E-state index contributed by atoms with van der Waals surface area (Å²) in [5.74, 6) is -7.15. The van der Waals surface area contributed by atoms with Crippen molar-refractivity contribution in [3.05, 3.63) is 35.9 Å². The molecule has 16 nitrogen and oxygen atoms in total. The molecule has 1 rings (SSSR count). The lowest BCUT2D eigenvalue weighted by Crippen LogP contribution is -2.58. The zero-order chi connectivity index (χ0) is 35.5. The van der Waals surface area contributed by atoms with E-state index in [1.807, 2.05) is 13.8 Å². The van der Waals surface area contributed by atoms with Gasteiger partial charge >= 0.3 is 17.9 Å². The van der Waals surface area contributed by atoms with Crippen LogP contribution in [-0.2, 0) is 40.0 Å². The minimum atomic E-state index is -1.48. The molecule has 0 bridgehead atoms. The first-order chi connectivity index (χ1) is 22.1. The summed E-state index contributed by atoms with van der Waals surface area (Å²) in [6, 6.07) is 1.97. The Kier molecular flexibility index (Phi) is 18.3. The Morgan fingerprint density at radius 1 is 0.660 bits per heavy atom. The predicted octanol–water partition coefficient (Wildman–Crippen LogP) is -0.515. The summed E-state index contributed by atoms with van der Waals surface area (Å²) >= 11 is 0. The van der Waals surface area contributed by atoms with Gasteiger partial charge in [0.2, 0.25) is 23.6 Å². The molecule has 0 spiro atoms. The van der Waals surface area contributed by atoms with E-state index < -0.39 is 84.6 Å². The standard InChI is InChI=1S/C31H48N6O10/c1-18(2)16-20(33)27(42)34-22(11-13-25(38)39)29(44)35-21(10-6-7-15-32)28(43)36-23(12-14-26(40)41)30(45)37-24(31(46)47)17-19-8-4-3-5-9-19/h3-5,8-9,18,20-24H,6-7,10-17,32-33H2,1-2H3,(H,34,42)(H,35,44)(H,36,43)(H,37,45)(H,38,39)(H,40,41)(H,46,47)/t20-,21-,22-,23-,24-/m0/s1. The molecule has 0 saturated carbocycles. The number of benzene rings is 1. The number of aliphatic carboxylic acids is 3. The Morgan fingerprint density at radius 3 is 1.53 bits per heavy atom. The second-order valence-corrected chi connectivity index (χ2v) is 11.7. The van der Waals surface area contributed by atoms with Gasteiger partial charge in [0.25, 0.3) is 0 Å². The first-order valence-corrected chi connectivity index (χ1v) is 15.5. The molecule has 1 aromatic carbocycles. The minimum Gasteiger partial charge on any atom is -0.481 e. The first-order valence-electron chi connectivity index (χ1n) is 15.5. The Bertz CT molecular complexity index is 1210. The number of rotatable bonds is 23. The number of carbonyl (C=O) groups is 7. The van der Waals surface area contributed by atoms with Gasteiger partial charge in [-0.25, -0.2) is 4.79 Å². The Morgan fingerprint density at radius 2 is 1.11 bits per heavy atom. The van der Waals surface area contributed by atoms with Crippen molar-refractivity contribution in [2.24, 2.45) is 17.4 Å². The number of carbonyl (C=O) groups excluding carboxylic acids is 4. The van der Waals surface area contributed by atoms with E-state index in [1.54, 1.807) is 30.3 Å². The van der Waals surface area contributed by atoms with Crippen molar-refractivity contribution in [1.82, 2.24) is 21.3 Å². The normalized spacial score (nSPS) is 14.1. The SMILES string of the molecule is CC(C)C[C@H](N)C(=O)N[C@@H](CCC(=O)O)C(=O)N[C@@H](CCCCN)C(=O)N[C@@H](CCC(=O)O)C(=O)N[C@@H](Cc1ccccc1)C(=O)O. The molecule has 1 aromatic rings. The van der Waals surface area contributed by atoms with E-state index in [-0.39, 0.29) is 38.1 Å². The van der Waals surface area contributed by atoms with Crippen molar-refractivity contribution in [2.75, 3.05) is 6.54 Å². The van der Waals surface area contributed by atoms with Crippen LogP contribution in [0.3, 0.4) is 0 Å². The third-order valence-corrected chi connectivity index (χ3v) is 7.10. The van der Waals surface area contributed by atoms with Gasteiger partial charge in [-0.1, -0.05) is 44.2 Å². The maximum absolute atomic E-state index is 13.5. The molecule has 16 heteroatoms. The quantitative estimate of drug-likeness (QED) is 0.0669. The lowest BCUT2D eigenvalue weighted by Gasteiger charge is -2.26. The average molecular weight is 665 g/mol. The fourth-order valence-corrected chi connectivity index (χ4v) is 4.60. The van der Waals surface area contributed by atoms with Crippen LogP contribution < -0.4 is 32.7 Å². The second-order valence-electron chi connectivity index (χ2n) is 11.7. The van der Waals surface area contributed by atoms with Gasteiger partial charge in [0.1, 0.15) is 24.2 Å². The summed E-state index contributed by atoms with van der Waals surface area (Å²) < 4.78 is 0. The van der Waals surface area contributed by atoms with Crippen LogP contribution in [0.25, 0.3) is 0 Å². The Labute approximate surface area is 273 Å². The lowest BCUT2D eigenvalue weighted by atomic mass is 10.0. The summed E-state index contributed by atoms with van der Waals surface area (Å²) in [7, 11) is 0. The summed E-state index contributed by atoms with van der Waals surface area (Å²) in [4.78, 5) is 87.2. The van der Waals surface area contributed by atoms with Crippen molar-refractivity contribution in [3.63, 3.8) is 0 Å². The molecule has 47 heavy (non-hydrogen) atoms. The fourth-order valence-electron chi connectivity index (χ4n) is 4.60. The molecule has 0 heterocycles. The maximum Gasteiger partial charge on any atom is 0.326 e. The average Bonchev–Trinajstić information content (AvgIpc) is 2.99. The highest BCUT2D eigenvalue weighted by Gasteiger charge is 2.32. The number of unbranched alkanes of at least 4 members (excludes halogenated alkanes) is 1. The maximum atomic E-state index is 13.5. The van der Waals surface area contributed by atoms with Gasteiger partial charge in [0, 0.05) is 19.3 Å². The zero-order valence-electron chi connectivity index (χ0n) is 26.8. The van der Waals surface area contributed by atoms with E-state index in [9.17, 15) is 48.9 Å². The minimum absolute atomic E-state index is 0.0280. The molecule has 262 valence electrons. The van der Waals surface area contributed by atoms with Crippen LogP contribution in [-0.4, -0.2) is 93.6 Å². The highest BCUT2D eigenvalue weighted by Crippen LogP contribution is 2.09.